The molecule has 3 aliphatic rings. The molecule has 1 spiro atoms. The van der Waals surface area contributed by atoms with E-state index in [0.717, 1.165) is 0 Å². The van der Waals surface area contributed by atoms with E-state index in [1.807, 2.05) is 0 Å². The molecule has 1 saturated carbocycles. The number of nitrogens with zero attached hydrogens (tertiary/aromatic N) is 2. The average Bonchev–Trinajstić information content (AvgIpc) is 3.09. The summed E-state index contributed by atoms with van der Waals surface area (Å²) in [6.45, 7) is 1.46. The Balaban J connectivity index is 1.72. The molecular weight excluding hydrogens is 306 g/mol. The molecule has 3 atom stereocenters. The number of aliphatic imine (C=N–C) groups is 1. The zero-order valence-electron chi connectivity index (χ0n) is 12.6. The SMILES string of the molecule is O=C=N[C@@H]1CC2(CC[C@@H]1N1CC[C@H](NC(=O)O)C1=O)OCCO2. The van der Waals surface area contributed by atoms with E-state index in [1.165, 1.54) is 0 Å². The molecule has 3 rings (SSSR count). The normalized spacial score (nSPS) is 32.8. The van der Waals surface area contributed by atoms with Crippen LogP contribution in [0.15, 0.2) is 4.99 Å². The molecule has 2 heterocycles. The summed E-state index contributed by atoms with van der Waals surface area (Å²) in [4.78, 5) is 39.4. The number of hydrogen-bond acceptors (Lipinski definition) is 6. The van der Waals surface area contributed by atoms with Crippen LogP contribution in [-0.2, 0) is 19.1 Å². The molecule has 0 aromatic heterocycles. The van der Waals surface area contributed by atoms with E-state index in [9.17, 15) is 14.4 Å². The van der Waals surface area contributed by atoms with E-state index in [2.05, 4.69) is 10.3 Å². The van der Waals surface area contributed by atoms with Gasteiger partial charge in [-0.25, -0.2) is 14.6 Å². The van der Waals surface area contributed by atoms with Crippen LogP contribution in [0.2, 0.25) is 0 Å². The van der Waals surface area contributed by atoms with Gasteiger partial charge in [0.25, 0.3) is 0 Å². The minimum absolute atomic E-state index is 0.261. The average molecular weight is 325 g/mol. The first-order valence-corrected chi connectivity index (χ1v) is 7.69. The van der Waals surface area contributed by atoms with Gasteiger partial charge in [-0.2, -0.15) is 0 Å². The number of likely N-dealkylation sites (tertiary alicyclic amines) is 1. The largest absolute Gasteiger partial charge is 0.465 e. The van der Waals surface area contributed by atoms with Gasteiger partial charge in [0.1, 0.15) is 6.04 Å². The van der Waals surface area contributed by atoms with E-state index < -0.39 is 24.0 Å². The van der Waals surface area contributed by atoms with Crippen molar-refractivity contribution in [2.24, 2.45) is 4.99 Å². The zero-order valence-corrected chi connectivity index (χ0v) is 12.6. The first kappa shape index (κ1) is 15.9. The lowest BCUT2D eigenvalue weighted by Crippen LogP contribution is -2.53. The summed E-state index contributed by atoms with van der Waals surface area (Å²) in [5.41, 5.74) is 0. The Kier molecular flexibility index (Phi) is 4.34. The van der Waals surface area contributed by atoms with Gasteiger partial charge in [-0.05, 0) is 12.8 Å². The second-order valence-electron chi connectivity index (χ2n) is 6.03. The lowest BCUT2D eigenvalue weighted by Gasteiger charge is -2.42. The van der Waals surface area contributed by atoms with Crippen molar-refractivity contribution in [3.8, 4) is 0 Å². The summed E-state index contributed by atoms with van der Waals surface area (Å²) < 4.78 is 11.3. The Morgan fingerprint density at radius 3 is 2.78 bits per heavy atom. The maximum Gasteiger partial charge on any atom is 0.405 e. The maximum absolute atomic E-state index is 12.4. The lowest BCUT2D eigenvalue weighted by molar-refractivity contribution is -0.188. The predicted molar refractivity (Wildman–Crippen MR) is 75.5 cm³/mol. The van der Waals surface area contributed by atoms with Crippen molar-refractivity contribution in [1.82, 2.24) is 10.2 Å². The molecule has 2 amide bonds. The molecule has 23 heavy (non-hydrogen) atoms. The summed E-state index contributed by atoms with van der Waals surface area (Å²) in [5, 5.41) is 11.0. The van der Waals surface area contributed by atoms with Crippen molar-refractivity contribution in [2.75, 3.05) is 19.8 Å². The molecule has 9 nitrogen and oxygen atoms in total. The van der Waals surface area contributed by atoms with Crippen LogP contribution in [0.1, 0.15) is 25.7 Å². The third kappa shape index (κ3) is 3.08. The smallest absolute Gasteiger partial charge is 0.405 e. The molecule has 3 fully saturated rings. The highest BCUT2D eigenvalue weighted by molar-refractivity contribution is 5.87. The van der Waals surface area contributed by atoms with E-state index >= 15 is 0 Å². The summed E-state index contributed by atoms with van der Waals surface area (Å²) in [6, 6.07) is -1.45. The molecular formula is C14H19N3O6. The number of rotatable bonds is 3. The molecule has 0 unspecified atom stereocenters. The molecule has 0 aromatic carbocycles. The van der Waals surface area contributed by atoms with Crippen LogP contribution in [0.25, 0.3) is 0 Å². The van der Waals surface area contributed by atoms with Crippen molar-refractivity contribution in [3.05, 3.63) is 0 Å². The fraction of sp³-hybridized carbons (Fsp3) is 0.786. The maximum atomic E-state index is 12.4. The summed E-state index contributed by atoms with van der Waals surface area (Å²) in [5.74, 6) is -0.990. The number of carbonyl (C=O) groups is 2. The third-order valence-electron chi connectivity index (χ3n) is 4.76. The van der Waals surface area contributed by atoms with Crippen LogP contribution >= 0.6 is 0 Å². The molecule has 1 aliphatic carbocycles. The molecule has 0 aromatic rings. The molecule has 2 aliphatic heterocycles. The molecule has 9 heteroatoms. The first-order valence-electron chi connectivity index (χ1n) is 7.69. The fourth-order valence-electron chi connectivity index (χ4n) is 3.75. The highest BCUT2D eigenvalue weighted by atomic mass is 16.7. The van der Waals surface area contributed by atoms with E-state index in [0.29, 0.717) is 45.4 Å². The minimum atomic E-state index is -1.22. The number of nitrogens with one attached hydrogen (secondary N) is 1. The Morgan fingerprint density at radius 1 is 1.39 bits per heavy atom. The summed E-state index contributed by atoms with van der Waals surface area (Å²) >= 11 is 0. The van der Waals surface area contributed by atoms with Gasteiger partial charge in [-0.15, -0.1) is 0 Å². The van der Waals surface area contributed by atoms with Crippen LogP contribution in [0.5, 0.6) is 0 Å². The topological polar surface area (TPSA) is 118 Å². The molecule has 2 N–H and O–H groups in total. The van der Waals surface area contributed by atoms with Crippen LogP contribution in [0.3, 0.4) is 0 Å². The third-order valence-corrected chi connectivity index (χ3v) is 4.76. The standard InChI is InChI=1S/C14H19N3O6/c18-8-15-10-7-14(22-5-6-23-14)3-1-11(10)17-4-2-9(12(17)19)16-13(20)21/h9-11,16H,1-7H2,(H,20,21)/t9-,10+,11-/m0/s1. The molecule has 126 valence electrons. The molecule has 2 saturated heterocycles. The summed E-state index contributed by atoms with van der Waals surface area (Å²) in [7, 11) is 0. The highest BCUT2D eigenvalue weighted by Gasteiger charge is 2.49. The van der Waals surface area contributed by atoms with Crippen LogP contribution in [-0.4, -0.2) is 71.8 Å². The van der Waals surface area contributed by atoms with Gasteiger partial charge in [0.15, 0.2) is 5.79 Å². The minimum Gasteiger partial charge on any atom is -0.465 e. The van der Waals surface area contributed by atoms with Crippen LogP contribution in [0.4, 0.5) is 4.79 Å². The fourth-order valence-corrected chi connectivity index (χ4v) is 3.75. The highest BCUT2D eigenvalue weighted by Crippen LogP contribution is 2.39. The number of isocyanates is 1. The molecule has 0 bridgehead atoms. The second-order valence-corrected chi connectivity index (χ2v) is 6.03. The van der Waals surface area contributed by atoms with Gasteiger partial charge in [0.05, 0.1) is 25.3 Å². The van der Waals surface area contributed by atoms with Gasteiger partial charge < -0.3 is 24.8 Å². The Bertz CT molecular complexity index is 541. The van der Waals surface area contributed by atoms with E-state index in [-0.39, 0.29) is 11.9 Å². The number of carbonyl (C=O) groups excluding carboxylic acids is 2. The predicted octanol–water partition coefficient (Wildman–Crippen LogP) is -0.145. The number of amides is 2. The second kappa shape index (κ2) is 6.27. The summed E-state index contributed by atoms with van der Waals surface area (Å²) in [6.07, 6.45) is 2.36. The van der Waals surface area contributed by atoms with E-state index in [1.54, 1.807) is 11.0 Å². The van der Waals surface area contributed by atoms with Crippen molar-refractivity contribution >= 4 is 18.1 Å². The van der Waals surface area contributed by atoms with Crippen LogP contribution in [0, 0.1) is 0 Å². The van der Waals surface area contributed by atoms with Gasteiger partial charge in [0.2, 0.25) is 12.0 Å². The van der Waals surface area contributed by atoms with Gasteiger partial charge >= 0.3 is 6.09 Å². The molecule has 0 radical (unpaired) electrons. The Hall–Kier alpha value is -1.96. The monoisotopic (exact) mass is 325 g/mol. The quantitative estimate of drug-likeness (QED) is 0.550. The van der Waals surface area contributed by atoms with Crippen molar-refractivity contribution in [2.45, 2.75) is 49.6 Å². The van der Waals surface area contributed by atoms with Gasteiger partial charge in [-0.1, -0.05) is 0 Å². The zero-order chi connectivity index (χ0) is 16.4. The van der Waals surface area contributed by atoms with Crippen molar-refractivity contribution in [3.63, 3.8) is 0 Å². The van der Waals surface area contributed by atoms with Gasteiger partial charge in [-0.3, -0.25) is 4.79 Å². The first-order chi connectivity index (χ1) is 11.0. The lowest BCUT2D eigenvalue weighted by atomic mass is 9.85. The number of ether oxygens (including phenoxy) is 2. The van der Waals surface area contributed by atoms with Gasteiger partial charge in [0, 0.05) is 19.4 Å². The number of carboxylic acid groups (broad SMARTS) is 1. The van der Waals surface area contributed by atoms with Crippen molar-refractivity contribution in [1.29, 1.82) is 0 Å². The van der Waals surface area contributed by atoms with Crippen LogP contribution < -0.4 is 5.32 Å². The van der Waals surface area contributed by atoms with E-state index in [4.69, 9.17) is 14.6 Å². The number of hydrogen-bond donors (Lipinski definition) is 2. The van der Waals surface area contributed by atoms with Crippen molar-refractivity contribution < 1.29 is 29.0 Å². The Labute approximate surface area is 132 Å². The Morgan fingerprint density at radius 2 is 2.13 bits per heavy atom.